The number of hydrogen-bond acceptors (Lipinski definition) is 4. The van der Waals surface area contributed by atoms with E-state index in [4.69, 9.17) is 4.74 Å². The van der Waals surface area contributed by atoms with Crippen LogP contribution in [0.5, 0.6) is 0 Å². The summed E-state index contributed by atoms with van der Waals surface area (Å²) >= 11 is 0. The molecule has 7 unspecified atom stereocenters. The average Bonchev–Trinajstić information content (AvgIpc) is 2.89. The molecule has 25 heavy (non-hydrogen) atoms. The van der Waals surface area contributed by atoms with E-state index in [1.807, 2.05) is 0 Å². The smallest absolute Gasteiger partial charge is 0.302 e. The largest absolute Gasteiger partial charge is 0.462 e. The third kappa shape index (κ3) is 2.43. The molecule has 0 spiro atoms. The monoisotopic (exact) mass is 345 g/mol. The van der Waals surface area contributed by atoms with E-state index >= 15 is 0 Å². The molecule has 0 aromatic heterocycles. The molecule has 4 aliphatic rings. The average molecular weight is 345 g/mol. The van der Waals surface area contributed by atoms with E-state index in [1.54, 1.807) is 0 Å². The molecule has 4 rings (SSSR count). The van der Waals surface area contributed by atoms with Crippen molar-refractivity contribution in [2.75, 3.05) is 0 Å². The predicted molar refractivity (Wildman–Crippen MR) is 96.8 cm³/mol. The van der Waals surface area contributed by atoms with Crippen molar-refractivity contribution in [1.29, 1.82) is 0 Å². The first-order valence-corrected chi connectivity index (χ1v) is 10.1. The summed E-state index contributed by atoms with van der Waals surface area (Å²) in [4.78, 5) is 22.9. The van der Waals surface area contributed by atoms with Gasteiger partial charge in [0, 0.05) is 12.3 Å². The van der Waals surface area contributed by atoms with Crippen LogP contribution in [-0.4, -0.2) is 18.1 Å². The molecule has 4 heteroatoms. The van der Waals surface area contributed by atoms with Crippen molar-refractivity contribution in [3.63, 3.8) is 0 Å². The van der Waals surface area contributed by atoms with Crippen LogP contribution in [0.15, 0.2) is 16.8 Å². The van der Waals surface area contributed by atoms with Crippen molar-refractivity contribution in [1.82, 2.24) is 0 Å². The van der Waals surface area contributed by atoms with Crippen LogP contribution >= 0.6 is 0 Å². The molecule has 0 aromatic carbocycles. The fourth-order valence-electron chi connectivity index (χ4n) is 7.24. The minimum absolute atomic E-state index is 0.0879. The van der Waals surface area contributed by atoms with Gasteiger partial charge in [0.1, 0.15) is 12.1 Å². The first-order valence-electron chi connectivity index (χ1n) is 10.1. The van der Waals surface area contributed by atoms with Crippen molar-refractivity contribution in [3.05, 3.63) is 16.6 Å². The van der Waals surface area contributed by atoms with E-state index in [2.05, 4.69) is 25.1 Å². The molecule has 0 heterocycles. The summed E-state index contributed by atoms with van der Waals surface area (Å²) in [7, 11) is 0. The number of nitrogens with zero attached hydrogens (tertiary/aromatic N) is 1. The van der Waals surface area contributed by atoms with Gasteiger partial charge in [-0.15, -0.1) is 0 Å². The minimum atomic E-state index is -0.140. The summed E-state index contributed by atoms with van der Waals surface area (Å²) in [5, 5.41) is 3.46. The number of rotatable bonds is 2. The van der Waals surface area contributed by atoms with Crippen molar-refractivity contribution in [2.24, 2.45) is 33.8 Å². The van der Waals surface area contributed by atoms with Crippen molar-refractivity contribution >= 4 is 5.97 Å². The molecule has 0 aliphatic heterocycles. The summed E-state index contributed by atoms with van der Waals surface area (Å²) < 4.78 is 5.72. The van der Waals surface area contributed by atoms with Crippen LogP contribution in [0.2, 0.25) is 0 Å². The summed E-state index contributed by atoms with van der Waals surface area (Å²) in [6.07, 6.45) is 11.3. The highest BCUT2D eigenvalue weighted by molar-refractivity contribution is 5.66. The number of fused-ring (bicyclic) bond motifs is 5. The van der Waals surface area contributed by atoms with Crippen LogP contribution in [0.4, 0.5) is 0 Å². The number of hydrogen-bond donors (Lipinski definition) is 0. The van der Waals surface area contributed by atoms with E-state index < -0.39 is 0 Å². The zero-order valence-electron chi connectivity index (χ0n) is 15.8. The van der Waals surface area contributed by atoms with E-state index in [0.717, 1.165) is 32.1 Å². The molecular formula is C21H31NO3. The lowest BCUT2D eigenvalue weighted by molar-refractivity contribution is -0.156. The van der Waals surface area contributed by atoms with Crippen LogP contribution in [0, 0.1) is 33.5 Å². The Bertz CT molecular complexity index is 614. The number of esters is 1. The fraction of sp³-hybridized carbons (Fsp3) is 0.857. The van der Waals surface area contributed by atoms with Crippen LogP contribution < -0.4 is 0 Å². The number of nitroso groups, excluding NO2 is 1. The molecule has 0 radical (unpaired) electrons. The van der Waals surface area contributed by atoms with E-state index in [-0.39, 0.29) is 28.9 Å². The zero-order valence-corrected chi connectivity index (χ0v) is 15.8. The Morgan fingerprint density at radius 1 is 1.16 bits per heavy atom. The highest BCUT2D eigenvalue weighted by Crippen LogP contribution is 2.65. The normalized spacial score (nSPS) is 48.6. The molecule has 0 saturated heterocycles. The molecule has 4 aliphatic carbocycles. The van der Waals surface area contributed by atoms with Gasteiger partial charge in [-0.3, -0.25) is 4.79 Å². The highest BCUT2D eigenvalue weighted by atomic mass is 16.5. The number of ether oxygens (including phenoxy) is 1. The molecule has 0 bridgehead atoms. The van der Waals surface area contributed by atoms with Crippen molar-refractivity contribution in [3.8, 4) is 0 Å². The third-order valence-corrected chi connectivity index (χ3v) is 8.41. The third-order valence-electron chi connectivity index (χ3n) is 8.41. The van der Waals surface area contributed by atoms with Crippen LogP contribution in [0.1, 0.15) is 72.1 Å². The lowest BCUT2D eigenvalue weighted by atomic mass is 9.47. The molecule has 138 valence electrons. The van der Waals surface area contributed by atoms with Gasteiger partial charge in [0.15, 0.2) is 0 Å². The molecule has 0 aromatic rings. The Hall–Kier alpha value is -1.19. The number of carbonyl (C=O) groups is 1. The first kappa shape index (κ1) is 17.2. The van der Waals surface area contributed by atoms with Gasteiger partial charge < -0.3 is 4.74 Å². The summed E-state index contributed by atoms with van der Waals surface area (Å²) in [6.45, 7) is 6.29. The lowest BCUT2D eigenvalue weighted by Crippen LogP contribution is -2.52. The highest BCUT2D eigenvalue weighted by Gasteiger charge is 2.60. The maximum Gasteiger partial charge on any atom is 0.302 e. The van der Waals surface area contributed by atoms with E-state index in [9.17, 15) is 9.70 Å². The molecule has 3 fully saturated rings. The first-order chi connectivity index (χ1) is 11.9. The Kier molecular flexibility index (Phi) is 4.08. The Morgan fingerprint density at radius 2 is 1.96 bits per heavy atom. The quantitative estimate of drug-likeness (QED) is 0.401. The Morgan fingerprint density at radius 3 is 2.68 bits per heavy atom. The van der Waals surface area contributed by atoms with Gasteiger partial charge in [0.05, 0.1) is 0 Å². The second-order valence-corrected chi connectivity index (χ2v) is 9.42. The van der Waals surface area contributed by atoms with Crippen LogP contribution in [0.3, 0.4) is 0 Å². The predicted octanol–water partition coefficient (Wildman–Crippen LogP) is 5.02. The standard InChI is InChI=1S/C21H31NO3/c1-13(23)25-19-9-8-15-14-6-7-17-18(22-24)5-4-11-20(17,2)16(14)10-12-21(15,19)3/h7,14-16,18-19H,4-6,8-12H2,1-3H3. The minimum Gasteiger partial charge on any atom is -0.462 e. The van der Waals surface area contributed by atoms with Gasteiger partial charge in [0.2, 0.25) is 0 Å². The Balaban J connectivity index is 1.64. The Labute approximate surface area is 150 Å². The summed E-state index contributed by atoms with van der Waals surface area (Å²) in [5.41, 5.74) is 1.62. The second kappa shape index (κ2) is 5.92. The van der Waals surface area contributed by atoms with Crippen LogP contribution in [-0.2, 0) is 9.53 Å². The second-order valence-electron chi connectivity index (χ2n) is 9.42. The van der Waals surface area contributed by atoms with Crippen molar-refractivity contribution < 1.29 is 9.53 Å². The van der Waals surface area contributed by atoms with E-state index in [1.165, 1.54) is 31.8 Å². The lowest BCUT2D eigenvalue weighted by Gasteiger charge is -2.57. The molecule has 0 N–H and O–H groups in total. The maximum absolute atomic E-state index is 11.5. The van der Waals surface area contributed by atoms with Gasteiger partial charge in [-0.2, -0.15) is 4.91 Å². The molecule has 7 atom stereocenters. The van der Waals surface area contributed by atoms with Gasteiger partial charge in [-0.25, -0.2) is 0 Å². The van der Waals surface area contributed by atoms with E-state index in [0.29, 0.717) is 17.8 Å². The molecule has 4 nitrogen and oxygen atoms in total. The summed E-state index contributed by atoms with van der Waals surface area (Å²) in [5.74, 6) is 1.82. The van der Waals surface area contributed by atoms with Gasteiger partial charge in [-0.05, 0) is 80.1 Å². The van der Waals surface area contributed by atoms with Crippen molar-refractivity contribution in [2.45, 2.75) is 84.3 Å². The molecule has 0 amide bonds. The van der Waals surface area contributed by atoms with Gasteiger partial charge in [-0.1, -0.05) is 25.1 Å². The fourth-order valence-corrected chi connectivity index (χ4v) is 7.24. The summed E-state index contributed by atoms with van der Waals surface area (Å²) in [6, 6.07) is -0.0922. The number of allylic oxidation sites excluding steroid dienone is 1. The maximum atomic E-state index is 11.5. The molecular weight excluding hydrogens is 314 g/mol. The SMILES string of the molecule is CC(=O)OC1CCC2C3CC=C4C(N=O)CCCC4(C)C3CCC12C. The molecule has 3 saturated carbocycles. The topological polar surface area (TPSA) is 55.7 Å². The zero-order chi connectivity index (χ0) is 17.8. The van der Waals surface area contributed by atoms with Gasteiger partial charge in [0.25, 0.3) is 0 Å². The number of carbonyl (C=O) groups excluding carboxylic acids is 1. The van der Waals surface area contributed by atoms with Crippen LogP contribution in [0.25, 0.3) is 0 Å². The van der Waals surface area contributed by atoms with Gasteiger partial charge >= 0.3 is 5.97 Å².